The summed E-state index contributed by atoms with van der Waals surface area (Å²) in [6, 6.07) is 2.41. The Bertz CT molecular complexity index is 525. The molecule has 0 aromatic carbocycles. The van der Waals surface area contributed by atoms with Crippen LogP contribution in [-0.2, 0) is 0 Å². The lowest BCUT2D eigenvalue weighted by atomic mass is 10.2. The van der Waals surface area contributed by atoms with Gasteiger partial charge in [-0.15, -0.1) is 11.3 Å². The standard InChI is InChI=1S/C11H11ClN2OS/c1-6-4-8(7(2)16-6)10-9(12)5-13-11(14-10)15-3/h4-5H,1-3H3. The van der Waals surface area contributed by atoms with Crippen molar-refractivity contribution >= 4 is 22.9 Å². The van der Waals surface area contributed by atoms with Crippen molar-refractivity contribution < 1.29 is 4.74 Å². The van der Waals surface area contributed by atoms with E-state index in [-0.39, 0.29) is 0 Å². The third-order valence-electron chi connectivity index (χ3n) is 2.20. The number of methoxy groups -OCH3 is 1. The second-order valence-corrected chi connectivity index (χ2v) is 5.25. The van der Waals surface area contributed by atoms with E-state index in [0.29, 0.717) is 11.0 Å². The van der Waals surface area contributed by atoms with Crippen molar-refractivity contribution in [2.75, 3.05) is 7.11 Å². The Hall–Kier alpha value is -1.13. The molecule has 84 valence electrons. The predicted molar refractivity (Wildman–Crippen MR) is 66.4 cm³/mol. The van der Waals surface area contributed by atoms with Crippen LogP contribution in [-0.4, -0.2) is 17.1 Å². The van der Waals surface area contributed by atoms with E-state index < -0.39 is 0 Å². The largest absolute Gasteiger partial charge is 0.467 e. The number of halogens is 1. The number of hydrogen-bond donors (Lipinski definition) is 0. The predicted octanol–water partition coefficient (Wildman–Crippen LogP) is 3.48. The van der Waals surface area contributed by atoms with Gasteiger partial charge in [0.2, 0.25) is 0 Å². The molecule has 3 nitrogen and oxygen atoms in total. The topological polar surface area (TPSA) is 35.0 Å². The van der Waals surface area contributed by atoms with Gasteiger partial charge in [-0.1, -0.05) is 11.6 Å². The SMILES string of the molecule is COc1ncc(Cl)c(-c2cc(C)sc2C)n1. The van der Waals surface area contributed by atoms with Crippen LogP contribution in [0, 0.1) is 13.8 Å². The van der Waals surface area contributed by atoms with Crippen LogP contribution in [0.15, 0.2) is 12.3 Å². The van der Waals surface area contributed by atoms with E-state index in [1.165, 1.54) is 9.75 Å². The van der Waals surface area contributed by atoms with Crippen molar-refractivity contribution in [1.82, 2.24) is 9.97 Å². The van der Waals surface area contributed by atoms with Gasteiger partial charge in [-0.3, -0.25) is 0 Å². The molecule has 0 aliphatic carbocycles. The maximum Gasteiger partial charge on any atom is 0.316 e. The Morgan fingerprint density at radius 1 is 1.38 bits per heavy atom. The average Bonchev–Trinajstić information content (AvgIpc) is 2.58. The molecule has 0 radical (unpaired) electrons. The Kier molecular flexibility index (Phi) is 3.12. The van der Waals surface area contributed by atoms with Gasteiger partial charge < -0.3 is 4.74 Å². The van der Waals surface area contributed by atoms with E-state index >= 15 is 0 Å². The van der Waals surface area contributed by atoms with Crippen LogP contribution in [0.25, 0.3) is 11.3 Å². The monoisotopic (exact) mass is 254 g/mol. The van der Waals surface area contributed by atoms with Gasteiger partial charge in [0.25, 0.3) is 0 Å². The van der Waals surface area contributed by atoms with E-state index in [1.807, 2.05) is 0 Å². The molecule has 0 aliphatic rings. The van der Waals surface area contributed by atoms with Gasteiger partial charge in [0, 0.05) is 15.3 Å². The Labute approximate surface area is 103 Å². The number of thiophene rings is 1. The minimum absolute atomic E-state index is 0.336. The first-order chi connectivity index (χ1) is 7.61. The second-order valence-electron chi connectivity index (χ2n) is 3.38. The van der Waals surface area contributed by atoms with Crippen LogP contribution >= 0.6 is 22.9 Å². The molecular formula is C11H11ClN2OS. The van der Waals surface area contributed by atoms with Crippen LogP contribution in [0.4, 0.5) is 0 Å². The van der Waals surface area contributed by atoms with Gasteiger partial charge in [0.15, 0.2) is 0 Å². The Balaban J connectivity index is 2.58. The van der Waals surface area contributed by atoms with Crippen LogP contribution in [0.1, 0.15) is 9.75 Å². The second kappa shape index (κ2) is 4.39. The molecule has 0 saturated carbocycles. The third kappa shape index (κ3) is 2.03. The third-order valence-corrected chi connectivity index (χ3v) is 3.44. The summed E-state index contributed by atoms with van der Waals surface area (Å²) in [5.74, 6) is 0. The molecule has 0 unspecified atom stereocenters. The lowest BCUT2D eigenvalue weighted by Crippen LogP contribution is -1.94. The summed E-state index contributed by atoms with van der Waals surface area (Å²) in [5.41, 5.74) is 1.78. The van der Waals surface area contributed by atoms with Crippen molar-refractivity contribution in [2.45, 2.75) is 13.8 Å². The average molecular weight is 255 g/mol. The molecule has 0 saturated heterocycles. The molecule has 0 N–H and O–H groups in total. The summed E-state index contributed by atoms with van der Waals surface area (Å²) in [4.78, 5) is 10.7. The smallest absolute Gasteiger partial charge is 0.316 e. The summed E-state index contributed by atoms with van der Waals surface area (Å²) in [6.45, 7) is 4.12. The fourth-order valence-electron chi connectivity index (χ4n) is 1.50. The lowest BCUT2D eigenvalue weighted by molar-refractivity contribution is 0.380. The summed E-state index contributed by atoms with van der Waals surface area (Å²) in [7, 11) is 1.54. The molecule has 0 aliphatic heterocycles. The number of ether oxygens (including phenoxy) is 1. The van der Waals surface area contributed by atoms with Crippen LogP contribution < -0.4 is 4.74 Å². The summed E-state index contributed by atoms with van der Waals surface area (Å²) >= 11 is 7.82. The first-order valence-electron chi connectivity index (χ1n) is 4.75. The fraction of sp³-hybridized carbons (Fsp3) is 0.273. The van der Waals surface area contributed by atoms with Gasteiger partial charge in [0.1, 0.15) is 0 Å². The zero-order valence-corrected chi connectivity index (χ0v) is 10.8. The lowest BCUT2D eigenvalue weighted by Gasteiger charge is -2.04. The first kappa shape index (κ1) is 11.4. The number of nitrogens with zero attached hydrogens (tertiary/aromatic N) is 2. The van der Waals surface area contributed by atoms with Crippen molar-refractivity contribution in [3.05, 3.63) is 27.0 Å². The van der Waals surface area contributed by atoms with Crippen LogP contribution in [0.5, 0.6) is 6.01 Å². The number of aromatic nitrogens is 2. The maximum absolute atomic E-state index is 6.09. The summed E-state index contributed by atoms with van der Waals surface area (Å²) in [5, 5.41) is 0.543. The number of aryl methyl sites for hydroxylation is 2. The summed E-state index contributed by atoms with van der Waals surface area (Å²) < 4.78 is 5.00. The zero-order chi connectivity index (χ0) is 11.7. The molecule has 2 aromatic rings. The number of hydrogen-bond acceptors (Lipinski definition) is 4. The van der Waals surface area contributed by atoms with E-state index in [0.717, 1.165) is 11.3 Å². The van der Waals surface area contributed by atoms with Crippen molar-refractivity contribution in [1.29, 1.82) is 0 Å². The van der Waals surface area contributed by atoms with E-state index in [2.05, 4.69) is 29.9 Å². The van der Waals surface area contributed by atoms with Crippen molar-refractivity contribution in [2.24, 2.45) is 0 Å². The molecule has 2 rings (SSSR count). The van der Waals surface area contributed by atoms with Crippen molar-refractivity contribution in [3.63, 3.8) is 0 Å². The Morgan fingerprint density at radius 3 is 2.69 bits per heavy atom. The highest BCUT2D eigenvalue weighted by molar-refractivity contribution is 7.12. The molecule has 2 heterocycles. The van der Waals surface area contributed by atoms with Crippen LogP contribution in [0.3, 0.4) is 0 Å². The quantitative estimate of drug-likeness (QED) is 0.823. The Morgan fingerprint density at radius 2 is 2.12 bits per heavy atom. The molecule has 0 atom stereocenters. The van der Waals surface area contributed by atoms with E-state index in [4.69, 9.17) is 16.3 Å². The van der Waals surface area contributed by atoms with Crippen molar-refractivity contribution in [3.8, 4) is 17.3 Å². The first-order valence-corrected chi connectivity index (χ1v) is 5.95. The zero-order valence-electron chi connectivity index (χ0n) is 9.24. The molecule has 2 aromatic heterocycles. The van der Waals surface area contributed by atoms with E-state index in [9.17, 15) is 0 Å². The van der Waals surface area contributed by atoms with Gasteiger partial charge in [-0.25, -0.2) is 4.98 Å². The highest BCUT2D eigenvalue weighted by atomic mass is 35.5. The molecule has 0 spiro atoms. The van der Waals surface area contributed by atoms with Crippen LogP contribution in [0.2, 0.25) is 5.02 Å². The van der Waals surface area contributed by atoms with E-state index in [1.54, 1.807) is 24.6 Å². The minimum atomic E-state index is 0.336. The highest BCUT2D eigenvalue weighted by Gasteiger charge is 2.12. The fourth-order valence-corrected chi connectivity index (χ4v) is 2.62. The molecule has 16 heavy (non-hydrogen) atoms. The molecule has 0 bridgehead atoms. The van der Waals surface area contributed by atoms with Gasteiger partial charge in [0.05, 0.1) is 24.0 Å². The number of rotatable bonds is 2. The van der Waals surface area contributed by atoms with Gasteiger partial charge in [-0.2, -0.15) is 4.98 Å². The molecular weight excluding hydrogens is 244 g/mol. The van der Waals surface area contributed by atoms with Gasteiger partial charge in [-0.05, 0) is 19.9 Å². The van der Waals surface area contributed by atoms with Gasteiger partial charge >= 0.3 is 6.01 Å². The minimum Gasteiger partial charge on any atom is -0.467 e. The maximum atomic E-state index is 6.09. The molecule has 0 amide bonds. The normalized spacial score (nSPS) is 10.5. The summed E-state index contributed by atoms with van der Waals surface area (Å²) in [6.07, 6.45) is 1.56. The molecule has 0 fully saturated rings. The highest BCUT2D eigenvalue weighted by Crippen LogP contribution is 2.33. The molecule has 5 heteroatoms.